The molecular formula is C12H15F3O2. The monoisotopic (exact) mass is 248 g/mol. The van der Waals surface area contributed by atoms with Gasteiger partial charge in [0, 0.05) is 0 Å². The molecule has 0 spiro atoms. The van der Waals surface area contributed by atoms with Crippen LogP contribution in [0, 0.1) is 0 Å². The summed E-state index contributed by atoms with van der Waals surface area (Å²) in [5.41, 5.74) is 0. The van der Waals surface area contributed by atoms with Crippen LogP contribution in [0.4, 0.5) is 14.1 Å². The van der Waals surface area contributed by atoms with Gasteiger partial charge in [-0.05, 0) is 24.3 Å². The molecule has 2 aromatic carbocycles. The van der Waals surface area contributed by atoms with E-state index in [0.29, 0.717) is 11.5 Å². The van der Waals surface area contributed by atoms with Gasteiger partial charge >= 0.3 is 0 Å². The molecule has 17 heavy (non-hydrogen) atoms. The standard InChI is InChI=1S/2C6H6O.3FH/c2*7-6-4-2-1-3-5-6;;;/h2*1-5,7H;3*1H. The fraction of sp³-hybridized carbons (Fsp3) is 0. The van der Waals surface area contributed by atoms with Crippen molar-refractivity contribution in [3.05, 3.63) is 60.7 Å². The summed E-state index contributed by atoms with van der Waals surface area (Å²) in [5, 5.41) is 17.3. The van der Waals surface area contributed by atoms with Crippen LogP contribution in [0.25, 0.3) is 0 Å². The maximum Gasteiger partial charge on any atom is 0.115 e. The van der Waals surface area contributed by atoms with E-state index in [1.54, 1.807) is 48.5 Å². The van der Waals surface area contributed by atoms with Crippen molar-refractivity contribution in [1.29, 1.82) is 0 Å². The molecule has 0 unspecified atom stereocenters. The first-order valence-corrected chi connectivity index (χ1v) is 4.27. The molecule has 0 bridgehead atoms. The molecule has 0 saturated carbocycles. The van der Waals surface area contributed by atoms with Crippen LogP contribution in [-0.2, 0) is 0 Å². The topological polar surface area (TPSA) is 40.5 Å². The zero-order valence-corrected chi connectivity index (χ0v) is 8.89. The molecule has 2 N–H and O–H groups in total. The molecule has 0 amide bonds. The van der Waals surface area contributed by atoms with Gasteiger partial charge in [0.2, 0.25) is 0 Å². The third kappa shape index (κ3) is 10.1. The van der Waals surface area contributed by atoms with Crippen LogP contribution in [0.5, 0.6) is 11.5 Å². The predicted octanol–water partition coefficient (Wildman–Crippen LogP) is 3.24. The van der Waals surface area contributed by atoms with Crippen LogP contribution < -0.4 is 0 Å². The Labute approximate surface area is 97.3 Å². The van der Waals surface area contributed by atoms with Crippen molar-refractivity contribution in [3.63, 3.8) is 0 Å². The largest absolute Gasteiger partial charge is 0.508 e. The van der Waals surface area contributed by atoms with Gasteiger partial charge in [-0.3, -0.25) is 14.1 Å². The average Bonchev–Trinajstić information content (AvgIpc) is 2.21. The van der Waals surface area contributed by atoms with Gasteiger partial charge in [-0.15, -0.1) is 0 Å². The molecule has 0 aromatic heterocycles. The normalized spacial score (nSPS) is 7.06. The third-order valence-electron chi connectivity index (χ3n) is 1.51. The van der Waals surface area contributed by atoms with Gasteiger partial charge < -0.3 is 10.2 Å². The summed E-state index contributed by atoms with van der Waals surface area (Å²) < 4.78 is 0. The van der Waals surface area contributed by atoms with Crippen LogP contribution in [-0.4, -0.2) is 10.2 Å². The van der Waals surface area contributed by atoms with Crippen molar-refractivity contribution in [1.82, 2.24) is 0 Å². The third-order valence-corrected chi connectivity index (χ3v) is 1.51. The van der Waals surface area contributed by atoms with E-state index in [4.69, 9.17) is 10.2 Å². The first-order chi connectivity index (χ1) is 6.79. The molecule has 96 valence electrons. The summed E-state index contributed by atoms with van der Waals surface area (Å²) in [6, 6.07) is 17.4. The summed E-state index contributed by atoms with van der Waals surface area (Å²) in [5.74, 6) is 0.644. The number of rotatable bonds is 0. The molecule has 0 atom stereocenters. The van der Waals surface area contributed by atoms with Gasteiger partial charge in [0.25, 0.3) is 0 Å². The van der Waals surface area contributed by atoms with E-state index in [1.165, 1.54) is 0 Å². The highest BCUT2D eigenvalue weighted by Gasteiger charge is 1.75. The van der Waals surface area contributed by atoms with Crippen molar-refractivity contribution in [2.75, 3.05) is 0 Å². The summed E-state index contributed by atoms with van der Waals surface area (Å²) in [4.78, 5) is 0. The van der Waals surface area contributed by atoms with Gasteiger partial charge in [-0.25, -0.2) is 0 Å². The lowest BCUT2D eigenvalue weighted by molar-refractivity contribution is 0.475. The van der Waals surface area contributed by atoms with Crippen molar-refractivity contribution >= 4 is 0 Å². The minimum absolute atomic E-state index is 0. The molecule has 0 saturated heterocycles. The SMILES string of the molecule is F.F.F.Oc1ccccc1.Oc1ccccc1. The van der Waals surface area contributed by atoms with E-state index in [1.807, 2.05) is 12.1 Å². The minimum Gasteiger partial charge on any atom is -0.508 e. The van der Waals surface area contributed by atoms with Gasteiger partial charge in [0.05, 0.1) is 0 Å². The highest BCUT2D eigenvalue weighted by Crippen LogP contribution is 2.03. The zero-order valence-electron chi connectivity index (χ0n) is 8.89. The molecule has 5 heteroatoms. The van der Waals surface area contributed by atoms with Crippen LogP contribution in [0.1, 0.15) is 0 Å². The Morgan fingerprint density at radius 3 is 0.824 bits per heavy atom. The maximum atomic E-state index is 8.63. The summed E-state index contributed by atoms with van der Waals surface area (Å²) in [7, 11) is 0. The molecule has 2 nitrogen and oxygen atoms in total. The van der Waals surface area contributed by atoms with E-state index in [9.17, 15) is 0 Å². The fourth-order valence-corrected chi connectivity index (χ4v) is 0.856. The smallest absolute Gasteiger partial charge is 0.115 e. The van der Waals surface area contributed by atoms with E-state index in [2.05, 4.69) is 0 Å². The maximum absolute atomic E-state index is 8.63. The van der Waals surface area contributed by atoms with E-state index >= 15 is 0 Å². The van der Waals surface area contributed by atoms with Crippen molar-refractivity contribution in [2.24, 2.45) is 0 Å². The van der Waals surface area contributed by atoms with Crippen LogP contribution in [0.15, 0.2) is 60.7 Å². The number of aromatic hydroxyl groups is 2. The Kier molecular flexibility index (Phi) is 14.2. The highest BCUT2D eigenvalue weighted by molar-refractivity contribution is 5.19. The molecule has 2 aromatic rings. The lowest BCUT2D eigenvalue weighted by atomic mass is 10.3. The van der Waals surface area contributed by atoms with Crippen LogP contribution in [0.2, 0.25) is 0 Å². The van der Waals surface area contributed by atoms with Gasteiger partial charge in [-0.1, -0.05) is 36.4 Å². The van der Waals surface area contributed by atoms with Crippen molar-refractivity contribution in [2.45, 2.75) is 0 Å². The van der Waals surface area contributed by atoms with Crippen LogP contribution >= 0.6 is 0 Å². The average molecular weight is 248 g/mol. The number of benzene rings is 2. The molecule has 0 aliphatic carbocycles. The Bertz CT molecular complexity index is 317. The number of hydrogen-bond acceptors (Lipinski definition) is 2. The number of phenols is 2. The Morgan fingerprint density at radius 1 is 0.471 bits per heavy atom. The first kappa shape index (κ1) is 20.3. The van der Waals surface area contributed by atoms with E-state index in [-0.39, 0.29) is 14.1 Å². The van der Waals surface area contributed by atoms with Crippen LogP contribution in [0.3, 0.4) is 0 Å². The Hall–Kier alpha value is -2.17. The molecule has 0 radical (unpaired) electrons. The molecule has 0 fully saturated rings. The first-order valence-electron chi connectivity index (χ1n) is 4.27. The number of para-hydroxylation sites is 2. The molecule has 0 aliphatic rings. The molecule has 0 aliphatic heterocycles. The lowest BCUT2D eigenvalue weighted by Crippen LogP contribution is -1.56. The van der Waals surface area contributed by atoms with Crippen molar-refractivity contribution in [3.8, 4) is 11.5 Å². The Balaban J connectivity index is -0.000000196. The number of hydrogen-bond donors (Lipinski definition) is 2. The minimum atomic E-state index is 0. The number of phenolic OH excluding ortho intramolecular Hbond substituents is 2. The predicted molar refractivity (Wildman–Crippen MR) is 63.7 cm³/mol. The molecular weight excluding hydrogens is 233 g/mol. The van der Waals surface area contributed by atoms with E-state index in [0.717, 1.165) is 0 Å². The second-order valence-electron chi connectivity index (χ2n) is 2.67. The number of halogens is 3. The zero-order chi connectivity index (χ0) is 10.2. The summed E-state index contributed by atoms with van der Waals surface area (Å²) in [6.45, 7) is 0. The van der Waals surface area contributed by atoms with Gasteiger partial charge in [0.1, 0.15) is 11.5 Å². The highest BCUT2D eigenvalue weighted by atomic mass is 19.0. The molecule has 0 heterocycles. The van der Waals surface area contributed by atoms with Gasteiger partial charge in [-0.2, -0.15) is 0 Å². The summed E-state index contributed by atoms with van der Waals surface area (Å²) >= 11 is 0. The fourth-order valence-electron chi connectivity index (χ4n) is 0.856. The van der Waals surface area contributed by atoms with Gasteiger partial charge in [0.15, 0.2) is 0 Å². The van der Waals surface area contributed by atoms with Crippen molar-refractivity contribution < 1.29 is 24.3 Å². The lowest BCUT2D eigenvalue weighted by Gasteiger charge is -1.82. The summed E-state index contributed by atoms with van der Waals surface area (Å²) in [6.07, 6.45) is 0. The quantitative estimate of drug-likeness (QED) is 0.751. The second-order valence-corrected chi connectivity index (χ2v) is 2.67. The Morgan fingerprint density at radius 2 is 0.706 bits per heavy atom. The molecule has 2 rings (SSSR count). The van der Waals surface area contributed by atoms with E-state index < -0.39 is 0 Å². The second kappa shape index (κ2) is 11.9.